The Morgan fingerprint density at radius 3 is 2.50 bits per heavy atom. The molecule has 0 amide bonds. The fourth-order valence-corrected chi connectivity index (χ4v) is 3.02. The van der Waals surface area contributed by atoms with E-state index >= 15 is 0 Å². The quantitative estimate of drug-likeness (QED) is 0.915. The second-order valence-corrected chi connectivity index (χ2v) is 6.92. The smallest absolute Gasteiger partial charge is 0.335 e. The highest BCUT2D eigenvalue weighted by Gasteiger charge is 2.28. The Hall–Kier alpha value is -1.35. The van der Waals surface area contributed by atoms with E-state index in [1.54, 1.807) is 12.1 Å². The van der Waals surface area contributed by atoms with Crippen LogP contribution in [0.5, 0.6) is 0 Å². The Bertz CT molecular complexity index is 468. The van der Waals surface area contributed by atoms with Gasteiger partial charge in [-0.05, 0) is 55.0 Å². The number of nitrogens with zero attached hydrogens (tertiary/aromatic N) is 1. The highest BCUT2D eigenvalue weighted by atomic mass is 16.4. The first-order valence-electron chi connectivity index (χ1n) is 7.41. The lowest BCUT2D eigenvalue weighted by Gasteiger charge is -2.38. The fourth-order valence-electron chi connectivity index (χ4n) is 3.02. The molecule has 3 nitrogen and oxygen atoms in total. The van der Waals surface area contributed by atoms with Crippen molar-refractivity contribution in [2.45, 2.75) is 40.2 Å². The maximum absolute atomic E-state index is 11.0. The molecule has 0 aliphatic carbocycles. The van der Waals surface area contributed by atoms with Gasteiger partial charge in [-0.3, -0.25) is 4.90 Å². The maximum atomic E-state index is 11.0. The van der Waals surface area contributed by atoms with Gasteiger partial charge in [-0.15, -0.1) is 0 Å². The molecule has 1 aliphatic rings. The first-order chi connectivity index (χ1) is 9.36. The molecule has 1 heterocycles. The monoisotopic (exact) mass is 275 g/mol. The van der Waals surface area contributed by atoms with Crippen LogP contribution in [-0.2, 0) is 6.54 Å². The third kappa shape index (κ3) is 3.83. The molecular formula is C17H25NO2. The van der Waals surface area contributed by atoms with Gasteiger partial charge >= 0.3 is 5.97 Å². The Labute approximate surface area is 121 Å². The number of carboxylic acids is 1. The summed E-state index contributed by atoms with van der Waals surface area (Å²) in [6.45, 7) is 10.0. The largest absolute Gasteiger partial charge is 0.478 e. The minimum atomic E-state index is -0.849. The van der Waals surface area contributed by atoms with Crippen molar-refractivity contribution >= 4 is 5.97 Å². The summed E-state index contributed by atoms with van der Waals surface area (Å²) in [6.07, 6.45) is 2.48. The number of rotatable bonds is 3. The summed E-state index contributed by atoms with van der Waals surface area (Å²) in [5.74, 6) is -0.0533. The lowest BCUT2D eigenvalue weighted by Crippen LogP contribution is -2.37. The third-order valence-corrected chi connectivity index (χ3v) is 4.39. The average molecular weight is 275 g/mol. The Kier molecular flexibility index (Phi) is 4.48. The molecule has 1 aromatic rings. The number of carbonyl (C=O) groups is 1. The number of likely N-dealkylation sites (tertiary alicyclic amines) is 1. The molecule has 1 aliphatic heterocycles. The van der Waals surface area contributed by atoms with Gasteiger partial charge < -0.3 is 5.11 Å². The van der Waals surface area contributed by atoms with Crippen LogP contribution in [0.3, 0.4) is 0 Å². The summed E-state index contributed by atoms with van der Waals surface area (Å²) in [5.41, 5.74) is 1.88. The number of aromatic carboxylic acids is 1. The molecule has 1 aromatic carbocycles. The van der Waals surface area contributed by atoms with E-state index in [2.05, 4.69) is 25.7 Å². The zero-order valence-corrected chi connectivity index (χ0v) is 12.7. The Balaban J connectivity index is 1.93. The summed E-state index contributed by atoms with van der Waals surface area (Å²) in [7, 11) is 0. The van der Waals surface area contributed by atoms with Crippen molar-refractivity contribution in [2.75, 3.05) is 13.1 Å². The first-order valence-corrected chi connectivity index (χ1v) is 7.41. The van der Waals surface area contributed by atoms with Crippen molar-refractivity contribution in [1.82, 2.24) is 4.90 Å². The normalized spacial score (nSPS) is 18.1. The molecule has 0 spiro atoms. The molecule has 20 heavy (non-hydrogen) atoms. The number of piperidine rings is 1. The second-order valence-electron chi connectivity index (χ2n) is 6.92. The molecule has 1 saturated heterocycles. The van der Waals surface area contributed by atoms with Gasteiger partial charge in [-0.1, -0.05) is 32.9 Å². The van der Waals surface area contributed by atoms with Crippen LogP contribution >= 0.6 is 0 Å². The molecule has 1 N–H and O–H groups in total. The van der Waals surface area contributed by atoms with Crippen LogP contribution in [0.4, 0.5) is 0 Å². The maximum Gasteiger partial charge on any atom is 0.335 e. The molecule has 0 unspecified atom stereocenters. The predicted octanol–water partition coefficient (Wildman–Crippen LogP) is 3.64. The van der Waals surface area contributed by atoms with Crippen LogP contribution in [0.1, 0.15) is 49.5 Å². The predicted molar refractivity (Wildman–Crippen MR) is 80.9 cm³/mol. The zero-order chi connectivity index (χ0) is 14.8. The fraction of sp³-hybridized carbons (Fsp3) is 0.588. The topological polar surface area (TPSA) is 40.5 Å². The number of hydrogen-bond donors (Lipinski definition) is 1. The standard InChI is InChI=1S/C17H25NO2/c1-17(2,3)15-7-9-18(10-8-15)12-13-5-4-6-14(11-13)16(19)20/h4-6,11,15H,7-10,12H2,1-3H3,(H,19,20). The first kappa shape index (κ1) is 15.0. The highest BCUT2D eigenvalue weighted by molar-refractivity contribution is 5.87. The minimum absolute atomic E-state index is 0.382. The van der Waals surface area contributed by atoms with Crippen LogP contribution in [0.15, 0.2) is 24.3 Å². The summed E-state index contributed by atoms with van der Waals surface area (Å²) < 4.78 is 0. The lowest BCUT2D eigenvalue weighted by atomic mass is 9.75. The van der Waals surface area contributed by atoms with E-state index in [9.17, 15) is 4.79 Å². The molecule has 2 rings (SSSR count). The molecule has 3 heteroatoms. The van der Waals surface area contributed by atoms with Crippen molar-refractivity contribution in [2.24, 2.45) is 11.3 Å². The van der Waals surface area contributed by atoms with Crippen LogP contribution < -0.4 is 0 Å². The number of hydrogen-bond acceptors (Lipinski definition) is 2. The lowest BCUT2D eigenvalue weighted by molar-refractivity contribution is 0.0696. The van der Waals surface area contributed by atoms with Gasteiger partial charge in [0.2, 0.25) is 0 Å². The Morgan fingerprint density at radius 2 is 1.95 bits per heavy atom. The number of benzene rings is 1. The summed E-state index contributed by atoms with van der Waals surface area (Å²) >= 11 is 0. The molecule has 0 bridgehead atoms. The molecular weight excluding hydrogens is 250 g/mol. The van der Waals surface area contributed by atoms with E-state index in [-0.39, 0.29) is 0 Å². The van der Waals surface area contributed by atoms with Crippen molar-refractivity contribution in [3.8, 4) is 0 Å². The molecule has 110 valence electrons. The van der Waals surface area contributed by atoms with Crippen molar-refractivity contribution in [3.63, 3.8) is 0 Å². The SMILES string of the molecule is CC(C)(C)C1CCN(Cc2cccc(C(=O)O)c2)CC1. The zero-order valence-electron chi connectivity index (χ0n) is 12.7. The van der Waals surface area contributed by atoms with Gasteiger partial charge in [-0.2, -0.15) is 0 Å². The van der Waals surface area contributed by atoms with Gasteiger partial charge in [-0.25, -0.2) is 4.79 Å². The van der Waals surface area contributed by atoms with Gasteiger partial charge in [0.1, 0.15) is 0 Å². The van der Waals surface area contributed by atoms with Gasteiger partial charge in [0.25, 0.3) is 0 Å². The molecule has 0 radical (unpaired) electrons. The highest BCUT2D eigenvalue weighted by Crippen LogP contribution is 2.34. The molecule has 0 atom stereocenters. The van der Waals surface area contributed by atoms with Crippen LogP contribution in [0.25, 0.3) is 0 Å². The van der Waals surface area contributed by atoms with Crippen molar-refractivity contribution < 1.29 is 9.90 Å². The van der Waals surface area contributed by atoms with Crippen LogP contribution in [0, 0.1) is 11.3 Å². The van der Waals surface area contributed by atoms with Gasteiger partial charge in [0.15, 0.2) is 0 Å². The van der Waals surface area contributed by atoms with Gasteiger partial charge in [0, 0.05) is 6.54 Å². The summed E-state index contributed by atoms with van der Waals surface area (Å²) in [4.78, 5) is 13.4. The van der Waals surface area contributed by atoms with E-state index in [0.717, 1.165) is 31.1 Å². The molecule has 0 aromatic heterocycles. The number of carboxylic acid groups (broad SMARTS) is 1. The van der Waals surface area contributed by atoms with E-state index in [4.69, 9.17) is 5.11 Å². The van der Waals surface area contributed by atoms with Crippen LogP contribution in [-0.4, -0.2) is 29.1 Å². The Morgan fingerprint density at radius 1 is 1.30 bits per heavy atom. The summed E-state index contributed by atoms with van der Waals surface area (Å²) in [6, 6.07) is 7.29. The van der Waals surface area contributed by atoms with E-state index in [0.29, 0.717) is 11.0 Å². The van der Waals surface area contributed by atoms with E-state index in [1.165, 1.54) is 12.8 Å². The minimum Gasteiger partial charge on any atom is -0.478 e. The van der Waals surface area contributed by atoms with E-state index < -0.39 is 5.97 Å². The average Bonchev–Trinajstić information content (AvgIpc) is 2.38. The summed E-state index contributed by atoms with van der Waals surface area (Å²) in [5, 5.41) is 9.03. The van der Waals surface area contributed by atoms with Crippen molar-refractivity contribution in [1.29, 1.82) is 0 Å². The second kappa shape index (κ2) is 5.96. The van der Waals surface area contributed by atoms with E-state index in [1.807, 2.05) is 12.1 Å². The van der Waals surface area contributed by atoms with Gasteiger partial charge in [0.05, 0.1) is 5.56 Å². The molecule has 0 saturated carbocycles. The molecule has 1 fully saturated rings. The third-order valence-electron chi connectivity index (χ3n) is 4.39. The van der Waals surface area contributed by atoms with Crippen LogP contribution in [0.2, 0.25) is 0 Å². The van der Waals surface area contributed by atoms with Crippen molar-refractivity contribution in [3.05, 3.63) is 35.4 Å².